The minimum atomic E-state index is -0.562. The fourth-order valence-electron chi connectivity index (χ4n) is 2.26. The van der Waals surface area contributed by atoms with Crippen LogP contribution in [0.15, 0.2) is 48.5 Å². The summed E-state index contributed by atoms with van der Waals surface area (Å²) in [6.45, 7) is 4.52. The molecule has 0 aliphatic rings. The number of benzene rings is 2. The van der Waals surface area contributed by atoms with Gasteiger partial charge in [-0.25, -0.2) is 0 Å². The average molecular weight is 255 g/mol. The second-order valence-electron chi connectivity index (χ2n) is 5.11. The molecule has 0 fully saturated rings. The Labute approximate surface area is 114 Å². The number of hydrogen-bond acceptors (Lipinski definition) is 2. The van der Waals surface area contributed by atoms with E-state index in [9.17, 15) is 5.11 Å². The summed E-state index contributed by atoms with van der Waals surface area (Å²) in [5.41, 5.74) is 10.3. The van der Waals surface area contributed by atoms with Gasteiger partial charge in [0.25, 0.3) is 0 Å². The molecule has 0 heterocycles. The molecule has 0 aliphatic carbocycles. The fraction of sp³-hybridized carbons (Fsp3) is 0.294. The van der Waals surface area contributed by atoms with Crippen molar-refractivity contribution in [3.05, 3.63) is 70.8 Å². The number of hydrogen-bond donors (Lipinski definition) is 2. The van der Waals surface area contributed by atoms with Gasteiger partial charge in [0.2, 0.25) is 0 Å². The van der Waals surface area contributed by atoms with Gasteiger partial charge in [-0.1, -0.05) is 59.7 Å². The van der Waals surface area contributed by atoms with E-state index in [2.05, 4.69) is 19.1 Å². The third-order valence-electron chi connectivity index (χ3n) is 3.56. The zero-order chi connectivity index (χ0) is 13.8. The number of aliphatic hydroxyl groups is 1. The Hall–Kier alpha value is -1.64. The fourth-order valence-corrected chi connectivity index (χ4v) is 2.26. The second kappa shape index (κ2) is 6.00. The normalized spacial score (nSPS) is 14.1. The van der Waals surface area contributed by atoms with Gasteiger partial charge in [0.1, 0.15) is 0 Å². The molecule has 19 heavy (non-hydrogen) atoms. The quantitative estimate of drug-likeness (QED) is 0.882. The van der Waals surface area contributed by atoms with E-state index in [1.807, 2.05) is 43.3 Å². The average Bonchev–Trinajstić information content (AvgIpc) is 2.42. The first kappa shape index (κ1) is 13.8. The molecular formula is C17H21NO. The summed E-state index contributed by atoms with van der Waals surface area (Å²) in [6, 6.07) is 16.2. The number of nitrogens with two attached hydrogens (primary N) is 1. The Morgan fingerprint density at radius 2 is 1.26 bits per heavy atom. The third kappa shape index (κ3) is 3.22. The smallest absolute Gasteiger partial charge is 0.0870 e. The van der Waals surface area contributed by atoms with Crippen molar-refractivity contribution in [2.24, 2.45) is 5.73 Å². The Kier molecular flexibility index (Phi) is 4.35. The van der Waals surface area contributed by atoms with E-state index in [1.54, 1.807) is 0 Å². The molecule has 0 spiro atoms. The lowest BCUT2D eigenvalue weighted by Gasteiger charge is -2.22. The molecule has 0 saturated carbocycles. The van der Waals surface area contributed by atoms with Crippen LogP contribution >= 0.6 is 0 Å². The van der Waals surface area contributed by atoms with E-state index in [0.29, 0.717) is 6.54 Å². The molecule has 2 aromatic carbocycles. The number of rotatable bonds is 4. The van der Waals surface area contributed by atoms with Gasteiger partial charge in [-0.15, -0.1) is 0 Å². The van der Waals surface area contributed by atoms with Crippen molar-refractivity contribution in [3.63, 3.8) is 0 Å². The topological polar surface area (TPSA) is 46.2 Å². The Morgan fingerprint density at radius 1 is 0.842 bits per heavy atom. The molecule has 0 aliphatic heterocycles. The minimum absolute atomic E-state index is 0.0664. The van der Waals surface area contributed by atoms with Crippen molar-refractivity contribution in [3.8, 4) is 0 Å². The molecule has 2 unspecified atom stereocenters. The lowest BCUT2D eigenvalue weighted by Crippen LogP contribution is -2.20. The van der Waals surface area contributed by atoms with E-state index in [-0.39, 0.29) is 5.92 Å². The monoisotopic (exact) mass is 255 g/mol. The summed E-state index contributed by atoms with van der Waals surface area (Å²) in [4.78, 5) is 0. The lowest BCUT2D eigenvalue weighted by atomic mass is 9.88. The van der Waals surface area contributed by atoms with Gasteiger partial charge in [0.15, 0.2) is 0 Å². The molecule has 2 rings (SSSR count). The highest BCUT2D eigenvalue weighted by atomic mass is 16.3. The second-order valence-corrected chi connectivity index (χ2v) is 5.11. The van der Waals surface area contributed by atoms with Crippen molar-refractivity contribution < 1.29 is 5.11 Å². The molecule has 2 heteroatoms. The molecule has 0 saturated heterocycles. The zero-order valence-corrected chi connectivity index (χ0v) is 11.5. The van der Waals surface area contributed by atoms with E-state index in [4.69, 9.17) is 5.73 Å². The van der Waals surface area contributed by atoms with Gasteiger partial charge in [-0.05, 0) is 25.0 Å². The summed E-state index contributed by atoms with van der Waals surface area (Å²) in [6.07, 6.45) is -0.562. The van der Waals surface area contributed by atoms with Crippen LogP contribution < -0.4 is 5.73 Å². The summed E-state index contributed by atoms with van der Waals surface area (Å²) < 4.78 is 0. The van der Waals surface area contributed by atoms with Crippen LogP contribution in [-0.4, -0.2) is 11.7 Å². The van der Waals surface area contributed by atoms with Crippen LogP contribution in [0.3, 0.4) is 0 Å². The molecule has 0 aromatic heterocycles. The van der Waals surface area contributed by atoms with Crippen molar-refractivity contribution in [2.45, 2.75) is 25.9 Å². The van der Waals surface area contributed by atoms with E-state index < -0.39 is 6.10 Å². The van der Waals surface area contributed by atoms with Crippen LogP contribution in [0.1, 0.15) is 34.3 Å². The Balaban J connectivity index is 2.26. The Morgan fingerprint density at radius 3 is 1.68 bits per heavy atom. The van der Waals surface area contributed by atoms with Gasteiger partial charge >= 0.3 is 0 Å². The Bertz CT molecular complexity index is 516. The van der Waals surface area contributed by atoms with E-state index >= 15 is 0 Å². The van der Waals surface area contributed by atoms with Gasteiger partial charge in [-0.3, -0.25) is 0 Å². The van der Waals surface area contributed by atoms with E-state index in [0.717, 1.165) is 11.1 Å². The van der Waals surface area contributed by atoms with Crippen molar-refractivity contribution in [1.82, 2.24) is 0 Å². The van der Waals surface area contributed by atoms with Crippen molar-refractivity contribution >= 4 is 0 Å². The molecule has 0 radical (unpaired) electrons. The largest absolute Gasteiger partial charge is 0.388 e. The lowest BCUT2D eigenvalue weighted by molar-refractivity contribution is 0.147. The summed E-state index contributed by atoms with van der Waals surface area (Å²) >= 11 is 0. The molecular weight excluding hydrogens is 234 g/mol. The summed E-state index contributed by atoms with van der Waals surface area (Å²) in [5.74, 6) is -0.0664. The molecule has 3 N–H and O–H groups in total. The van der Waals surface area contributed by atoms with Crippen LogP contribution in [0.4, 0.5) is 0 Å². The predicted molar refractivity (Wildman–Crippen MR) is 79.1 cm³/mol. The number of aliphatic hydroxyl groups excluding tert-OH is 1. The highest BCUT2D eigenvalue weighted by molar-refractivity contribution is 5.30. The van der Waals surface area contributed by atoms with Crippen LogP contribution in [0.5, 0.6) is 0 Å². The maximum absolute atomic E-state index is 10.5. The van der Waals surface area contributed by atoms with Gasteiger partial charge in [0, 0.05) is 12.5 Å². The maximum Gasteiger partial charge on any atom is 0.0870 e. The van der Waals surface area contributed by atoms with Crippen molar-refractivity contribution in [2.75, 3.05) is 6.54 Å². The zero-order valence-electron chi connectivity index (χ0n) is 11.5. The first-order valence-electron chi connectivity index (χ1n) is 6.63. The van der Waals surface area contributed by atoms with Crippen LogP contribution in [0.25, 0.3) is 0 Å². The minimum Gasteiger partial charge on any atom is -0.388 e. The number of aryl methyl sites for hydroxylation is 2. The molecule has 100 valence electrons. The molecule has 2 atom stereocenters. The van der Waals surface area contributed by atoms with Crippen LogP contribution in [0.2, 0.25) is 0 Å². The predicted octanol–water partition coefficient (Wildman–Crippen LogP) is 3.08. The maximum atomic E-state index is 10.5. The van der Waals surface area contributed by atoms with Gasteiger partial charge in [0.05, 0.1) is 6.10 Å². The first-order valence-corrected chi connectivity index (χ1v) is 6.63. The molecule has 0 bridgehead atoms. The molecule has 2 aromatic rings. The van der Waals surface area contributed by atoms with Gasteiger partial charge < -0.3 is 10.8 Å². The first-order chi connectivity index (χ1) is 9.11. The van der Waals surface area contributed by atoms with E-state index in [1.165, 1.54) is 11.1 Å². The van der Waals surface area contributed by atoms with Gasteiger partial charge in [-0.2, -0.15) is 0 Å². The van der Waals surface area contributed by atoms with Crippen molar-refractivity contribution in [1.29, 1.82) is 0 Å². The van der Waals surface area contributed by atoms with Crippen LogP contribution in [0, 0.1) is 13.8 Å². The standard InChI is InChI=1S/C17H21NO/c1-12-3-7-14(8-4-12)16(11-18)17(19)15-9-5-13(2)6-10-15/h3-10,16-17,19H,11,18H2,1-2H3. The van der Waals surface area contributed by atoms with Crippen LogP contribution in [-0.2, 0) is 0 Å². The molecule has 0 amide bonds. The third-order valence-corrected chi connectivity index (χ3v) is 3.56. The summed E-state index contributed by atoms with van der Waals surface area (Å²) in [7, 11) is 0. The molecule has 2 nitrogen and oxygen atoms in total. The SMILES string of the molecule is Cc1ccc(C(O)C(CN)c2ccc(C)cc2)cc1. The highest BCUT2D eigenvalue weighted by Crippen LogP contribution is 2.30. The summed E-state index contributed by atoms with van der Waals surface area (Å²) in [5, 5.41) is 10.5. The highest BCUT2D eigenvalue weighted by Gasteiger charge is 2.21.